The molecule has 1 saturated heterocycles. The largest absolute Gasteiger partial charge is 0.427 e. The van der Waals surface area contributed by atoms with E-state index in [9.17, 15) is 19.2 Å². The number of hydrogen-bond donors (Lipinski definition) is 3. The summed E-state index contributed by atoms with van der Waals surface area (Å²) in [5, 5.41) is 4.07. The van der Waals surface area contributed by atoms with Gasteiger partial charge in [-0.2, -0.15) is 5.48 Å². The van der Waals surface area contributed by atoms with Crippen LogP contribution >= 0.6 is 23.1 Å². The third kappa shape index (κ3) is 6.59. The number of amides is 2. The van der Waals surface area contributed by atoms with Crippen molar-refractivity contribution in [3.63, 3.8) is 0 Å². The van der Waals surface area contributed by atoms with Gasteiger partial charge in [-0.25, -0.2) is 9.78 Å². The van der Waals surface area contributed by atoms with Crippen molar-refractivity contribution in [2.24, 2.45) is 5.41 Å². The van der Waals surface area contributed by atoms with Crippen LogP contribution in [0.3, 0.4) is 0 Å². The Morgan fingerprint density at radius 1 is 1.30 bits per heavy atom. The molecule has 0 aromatic carbocycles. The molecule has 13 nitrogen and oxygen atoms in total. The van der Waals surface area contributed by atoms with Crippen LogP contribution in [0.4, 0.5) is 5.13 Å². The molecule has 37 heavy (non-hydrogen) atoms. The number of nitrogen functional groups attached to an aromatic ring is 1. The second-order valence-corrected chi connectivity index (χ2v) is 11.1. The quantitative estimate of drug-likeness (QED) is 0.151. The number of ether oxygens (including phenoxy) is 3. The van der Waals surface area contributed by atoms with E-state index < -0.39 is 53.4 Å². The highest BCUT2D eigenvalue weighted by Crippen LogP contribution is 2.41. The Bertz CT molecular complexity index is 1070. The normalized spacial score (nSPS) is 20.1. The average molecular weight is 558 g/mol. The molecule has 0 radical (unpaired) electrons. The van der Waals surface area contributed by atoms with Crippen molar-refractivity contribution in [2.75, 3.05) is 38.6 Å². The van der Waals surface area contributed by atoms with Gasteiger partial charge < -0.3 is 30.1 Å². The number of esters is 2. The van der Waals surface area contributed by atoms with Crippen LogP contribution in [0, 0.1) is 5.41 Å². The number of carbonyl (C=O) groups excluding carboxylic acids is 4. The number of nitrogens with zero attached hydrogens (tertiary/aromatic N) is 2. The molecule has 1 fully saturated rings. The first-order valence-electron chi connectivity index (χ1n) is 11.4. The predicted octanol–water partition coefficient (Wildman–Crippen LogP) is 0.698. The first kappa shape index (κ1) is 28.8. The van der Waals surface area contributed by atoms with Crippen LogP contribution in [-0.4, -0.2) is 77.9 Å². The Balaban J connectivity index is 1.71. The number of fused-ring (bicyclic) bond motifs is 1. The van der Waals surface area contributed by atoms with Crippen LogP contribution in [0.25, 0.3) is 0 Å². The molecule has 2 amide bonds. The lowest BCUT2D eigenvalue weighted by Gasteiger charge is -2.49. The van der Waals surface area contributed by atoms with Gasteiger partial charge in [-0.05, 0) is 33.3 Å². The molecule has 4 N–H and O–H groups in total. The number of anilines is 1. The van der Waals surface area contributed by atoms with Crippen molar-refractivity contribution >= 4 is 52.0 Å². The number of β-lactam (4-membered cyclic amide) rings is 1. The molecule has 1 aromatic heterocycles. The zero-order valence-electron chi connectivity index (χ0n) is 21.2. The highest BCUT2D eigenvalue weighted by Gasteiger charge is 2.55. The Morgan fingerprint density at radius 2 is 2.03 bits per heavy atom. The number of hydroxylamine groups is 1. The third-order valence-electron chi connectivity index (χ3n) is 5.29. The predicted molar refractivity (Wildman–Crippen MR) is 134 cm³/mol. The maximum absolute atomic E-state index is 13.1. The smallest absolute Gasteiger partial charge is 0.358 e. The lowest BCUT2D eigenvalue weighted by atomic mass is 9.98. The molecule has 204 valence electrons. The fourth-order valence-electron chi connectivity index (χ4n) is 3.46. The van der Waals surface area contributed by atoms with Crippen molar-refractivity contribution in [2.45, 2.75) is 45.2 Å². The van der Waals surface area contributed by atoms with Gasteiger partial charge in [-0.3, -0.25) is 19.3 Å². The number of carbonyl (C=O) groups is 4. The number of methoxy groups -OCH3 is 1. The van der Waals surface area contributed by atoms with E-state index in [4.69, 9.17) is 24.8 Å². The van der Waals surface area contributed by atoms with Crippen LogP contribution in [0.5, 0.6) is 0 Å². The summed E-state index contributed by atoms with van der Waals surface area (Å²) < 4.78 is 15.4. The summed E-state index contributed by atoms with van der Waals surface area (Å²) in [7, 11) is 1.47. The molecule has 3 heterocycles. The lowest BCUT2D eigenvalue weighted by molar-refractivity contribution is -0.173. The van der Waals surface area contributed by atoms with E-state index >= 15 is 0 Å². The number of nitrogens with two attached hydrogens (primary N) is 1. The van der Waals surface area contributed by atoms with Gasteiger partial charge in [0.05, 0.1) is 24.3 Å². The van der Waals surface area contributed by atoms with Gasteiger partial charge in [0.1, 0.15) is 17.1 Å². The van der Waals surface area contributed by atoms with E-state index in [0.29, 0.717) is 23.6 Å². The van der Waals surface area contributed by atoms with E-state index in [2.05, 4.69) is 15.8 Å². The molecule has 3 atom stereocenters. The molecule has 0 bridgehead atoms. The van der Waals surface area contributed by atoms with E-state index in [1.54, 1.807) is 33.1 Å². The van der Waals surface area contributed by atoms with Crippen molar-refractivity contribution in [1.29, 1.82) is 0 Å². The second kappa shape index (κ2) is 12.2. The molecule has 0 spiro atoms. The van der Waals surface area contributed by atoms with E-state index in [1.807, 2.05) is 0 Å². The van der Waals surface area contributed by atoms with Gasteiger partial charge in [-0.1, -0.05) is 0 Å². The highest BCUT2D eigenvalue weighted by atomic mass is 32.2. The van der Waals surface area contributed by atoms with Gasteiger partial charge in [0.25, 0.3) is 5.91 Å². The molecule has 1 aromatic rings. The highest BCUT2D eigenvalue weighted by molar-refractivity contribution is 8.00. The molecule has 3 rings (SSSR count). The average Bonchev–Trinajstić information content (AvgIpc) is 3.27. The number of aromatic nitrogens is 1. The van der Waals surface area contributed by atoms with E-state index in [-0.39, 0.29) is 17.4 Å². The third-order valence-corrected chi connectivity index (χ3v) is 7.32. The van der Waals surface area contributed by atoms with Crippen LogP contribution in [-0.2, 0) is 38.2 Å². The monoisotopic (exact) mass is 557 g/mol. The van der Waals surface area contributed by atoms with Crippen LogP contribution in [0.1, 0.15) is 39.4 Å². The second-order valence-electron chi connectivity index (χ2n) is 9.11. The molecule has 0 aliphatic carbocycles. The molecular weight excluding hydrogens is 526 g/mol. The van der Waals surface area contributed by atoms with Crippen LogP contribution < -0.4 is 16.5 Å². The van der Waals surface area contributed by atoms with Crippen molar-refractivity contribution in [3.8, 4) is 0 Å². The zero-order chi connectivity index (χ0) is 27.3. The van der Waals surface area contributed by atoms with Gasteiger partial charge in [0, 0.05) is 18.2 Å². The van der Waals surface area contributed by atoms with Crippen molar-refractivity contribution in [1.82, 2.24) is 20.7 Å². The summed E-state index contributed by atoms with van der Waals surface area (Å²) >= 11 is 2.54. The van der Waals surface area contributed by atoms with E-state index in [0.717, 1.165) is 0 Å². The molecule has 2 unspecified atom stereocenters. The summed E-state index contributed by atoms with van der Waals surface area (Å²) in [6, 6.07) is -1.89. The van der Waals surface area contributed by atoms with Crippen molar-refractivity contribution in [3.05, 3.63) is 22.3 Å². The minimum atomic E-state index is -0.995. The zero-order valence-corrected chi connectivity index (χ0v) is 22.8. The van der Waals surface area contributed by atoms with Crippen LogP contribution in [0.15, 0.2) is 16.7 Å². The summed E-state index contributed by atoms with van der Waals surface area (Å²) in [6.45, 7) is 6.55. The van der Waals surface area contributed by atoms with Gasteiger partial charge >= 0.3 is 11.9 Å². The molecular formula is C22H31N5O8S2. The van der Waals surface area contributed by atoms with Crippen molar-refractivity contribution < 1.29 is 38.2 Å². The summed E-state index contributed by atoms with van der Waals surface area (Å²) in [4.78, 5) is 61.7. The number of hydrogen-bond acceptors (Lipinski definition) is 13. The summed E-state index contributed by atoms with van der Waals surface area (Å²) in [5.74, 6) is -2.04. The minimum Gasteiger partial charge on any atom is -0.427 e. The number of nitrogens with one attached hydrogen (secondary N) is 2. The van der Waals surface area contributed by atoms with E-state index in [1.165, 1.54) is 35.1 Å². The fourth-order valence-corrected chi connectivity index (χ4v) is 5.38. The van der Waals surface area contributed by atoms with Crippen LogP contribution in [0.2, 0.25) is 0 Å². The lowest BCUT2D eigenvalue weighted by Crippen LogP contribution is -2.71. The maximum Gasteiger partial charge on any atom is 0.358 e. The Morgan fingerprint density at radius 3 is 2.62 bits per heavy atom. The summed E-state index contributed by atoms with van der Waals surface area (Å²) in [5.41, 5.74) is 8.49. The Hall–Kier alpha value is -2.72. The van der Waals surface area contributed by atoms with Gasteiger partial charge in [0.15, 0.2) is 11.2 Å². The van der Waals surface area contributed by atoms with Gasteiger partial charge in [0.2, 0.25) is 12.7 Å². The summed E-state index contributed by atoms with van der Waals surface area (Å²) in [6.07, 6.45) is 0. The Labute approximate surface area is 222 Å². The van der Waals surface area contributed by atoms with Gasteiger partial charge in [-0.15, -0.1) is 23.1 Å². The fraction of sp³-hybridized carbons (Fsp3) is 0.591. The minimum absolute atomic E-state index is 0.0178. The molecule has 0 saturated carbocycles. The number of thioether (sulfide) groups is 1. The number of thiazole rings is 1. The first-order chi connectivity index (χ1) is 17.5. The SMILES string of the molecule is CCONC(C(=O)NC1C(=O)N2C(C(=O)OCOC(=O)C(C)(C)C)=C(COC)CS[C@@H]12)c1csc(N)n1. The first-order valence-corrected chi connectivity index (χ1v) is 13.3. The Kier molecular flexibility index (Phi) is 9.52. The number of rotatable bonds is 11. The topological polar surface area (TPSA) is 171 Å². The molecule has 15 heteroatoms. The maximum atomic E-state index is 13.1. The standard InChI is InChI=1S/C22H31N5O8S2/c1-6-35-26-13(12-9-37-21(23)24-12)16(28)25-14-17(29)27-15(11(7-32-5)8-36-18(14)27)19(30)33-10-34-20(31)22(2,3)4/h9,13-14,18,26H,6-8,10H2,1-5H3,(H2,23,24)(H,25,28)/t13?,14?,18-/m0/s1. The molecule has 2 aliphatic rings. The molecule has 2 aliphatic heterocycles.